The van der Waals surface area contributed by atoms with Crippen molar-refractivity contribution in [2.75, 3.05) is 31.5 Å². The van der Waals surface area contributed by atoms with Crippen LogP contribution in [0.5, 0.6) is 5.75 Å². The highest BCUT2D eigenvalue weighted by molar-refractivity contribution is 5.92. The van der Waals surface area contributed by atoms with E-state index in [-0.39, 0.29) is 17.9 Å². The van der Waals surface area contributed by atoms with Crippen molar-refractivity contribution in [3.8, 4) is 5.75 Å². The highest BCUT2D eigenvalue weighted by Gasteiger charge is 2.24. The summed E-state index contributed by atoms with van der Waals surface area (Å²) in [6, 6.07) is 9.12. The fourth-order valence-corrected chi connectivity index (χ4v) is 2.97. The molecule has 0 unspecified atom stereocenters. The maximum Gasteiger partial charge on any atom is 0.272 e. The Labute approximate surface area is 164 Å². The summed E-state index contributed by atoms with van der Waals surface area (Å²) in [5.74, 6) is 0.884. The minimum atomic E-state index is -0.166. The molecule has 1 aromatic heterocycles. The number of nitrogens with one attached hydrogen (secondary N) is 1. The number of hydrogen-bond donors (Lipinski definition) is 1. The lowest BCUT2D eigenvalue weighted by atomic mass is 10.2. The molecule has 1 fully saturated rings. The molecule has 0 atom stereocenters. The van der Waals surface area contributed by atoms with Gasteiger partial charge in [0.1, 0.15) is 11.4 Å². The van der Waals surface area contributed by atoms with Gasteiger partial charge in [0.15, 0.2) is 0 Å². The predicted molar refractivity (Wildman–Crippen MR) is 106 cm³/mol. The third kappa shape index (κ3) is 4.76. The molecule has 1 aromatic carbocycles. The first kappa shape index (κ1) is 19.6. The van der Waals surface area contributed by atoms with E-state index < -0.39 is 0 Å². The molecule has 28 heavy (non-hydrogen) atoms. The summed E-state index contributed by atoms with van der Waals surface area (Å²) in [4.78, 5) is 36.2. The van der Waals surface area contributed by atoms with Crippen LogP contribution in [0.1, 0.15) is 31.3 Å². The number of ether oxygens (including phenoxy) is 1. The van der Waals surface area contributed by atoms with Gasteiger partial charge in [-0.2, -0.15) is 0 Å². The molecule has 1 aliphatic heterocycles. The van der Waals surface area contributed by atoms with Crippen LogP contribution in [0.2, 0.25) is 0 Å². The van der Waals surface area contributed by atoms with Crippen molar-refractivity contribution < 1.29 is 14.3 Å². The molecule has 1 N–H and O–H groups in total. The van der Waals surface area contributed by atoms with E-state index in [2.05, 4.69) is 15.3 Å². The third-order valence-corrected chi connectivity index (χ3v) is 4.38. The summed E-state index contributed by atoms with van der Waals surface area (Å²) in [7, 11) is 0. The molecule has 3 rings (SSSR count). The van der Waals surface area contributed by atoms with Crippen molar-refractivity contribution in [2.45, 2.75) is 26.9 Å². The van der Waals surface area contributed by atoms with E-state index >= 15 is 0 Å². The second-order valence-electron chi connectivity index (χ2n) is 6.85. The summed E-state index contributed by atoms with van der Waals surface area (Å²) in [5, 5.41) is 3.13. The molecule has 0 saturated carbocycles. The predicted octanol–water partition coefficient (Wildman–Crippen LogP) is 2.31. The highest BCUT2D eigenvalue weighted by atomic mass is 16.5. The Kier molecular flexibility index (Phi) is 6.08. The van der Waals surface area contributed by atoms with Crippen LogP contribution in [-0.4, -0.2) is 63.9 Å². The van der Waals surface area contributed by atoms with E-state index in [1.165, 1.54) is 0 Å². The van der Waals surface area contributed by atoms with Crippen molar-refractivity contribution in [1.29, 1.82) is 0 Å². The number of nitrogens with zero attached hydrogens (tertiary/aromatic N) is 4. The molecule has 1 saturated heterocycles. The molecule has 2 aromatic rings. The van der Waals surface area contributed by atoms with Crippen LogP contribution >= 0.6 is 0 Å². The average molecular weight is 383 g/mol. The second kappa shape index (κ2) is 8.69. The molecular weight excluding hydrogens is 358 g/mol. The molecule has 8 nitrogen and oxygen atoms in total. The summed E-state index contributed by atoms with van der Waals surface area (Å²) in [6.45, 7) is 7.53. The van der Waals surface area contributed by atoms with Crippen LogP contribution in [0.25, 0.3) is 0 Å². The number of rotatable bonds is 5. The van der Waals surface area contributed by atoms with Crippen LogP contribution in [0.3, 0.4) is 0 Å². The third-order valence-electron chi connectivity index (χ3n) is 4.38. The molecule has 0 aliphatic carbocycles. The molecule has 148 valence electrons. The standard InChI is InChI=1S/C20H25N5O3/c1-14(2)28-18-7-5-4-6-16(18)22-20-21-9-8-17(23-20)19(27)25-12-10-24(11-13-25)15(3)26/h4-9,14H,10-13H2,1-3H3,(H,21,22,23). The molecule has 0 radical (unpaired) electrons. The van der Waals surface area contributed by atoms with Gasteiger partial charge in [-0.1, -0.05) is 12.1 Å². The molecule has 0 spiro atoms. The number of carbonyl (C=O) groups excluding carboxylic acids is 2. The van der Waals surface area contributed by atoms with Gasteiger partial charge < -0.3 is 19.9 Å². The van der Waals surface area contributed by atoms with Crippen LogP contribution < -0.4 is 10.1 Å². The van der Waals surface area contributed by atoms with Gasteiger partial charge in [-0.25, -0.2) is 9.97 Å². The van der Waals surface area contributed by atoms with Gasteiger partial charge in [-0.05, 0) is 32.0 Å². The summed E-state index contributed by atoms with van der Waals surface area (Å²) >= 11 is 0. The number of hydrogen-bond acceptors (Lipinski definition) is 6. The van der Waals surface area contributed by atoms with Gasteiger partial charge in [0, 0.05) is 39.3 Å². The van der Waals surface area contributed by atoms with Gasteiger partial charge >= 0.3 is 0 Å². The molecule has 1 aliphatic rings. The Hall–Kier alpha value is -3.16. The molecule has 2 amide bonds. The zero-order valence-electron chi connectivity index (χ0n) is 16.4. The number of aromatic nitrogens is 2. The Morgan fingerprint density at radius 3 is 2.43 bits per heavy atom. The first-order valence-corrected chi connectivity index (χ1v) is 9.34. The molecule has 0 bridgehead atoms. The maximum atomic E-state index is 12.8. The quantitative estimate of drug-likeness (QED) is 0.853. The van der Waals surface area contributed by atoms with E-state index in [1.807, 2.05) is 38.1 Å². The SMILES string of the molecule is CC(=O)N1CCN(C(=O)c2ccnc(Nc3ccccc3OC(C)C)n2)CC1. The van der Waals surface area contributed by atoms with E-state index in [0.29, 0.717) is 43.6 Å². The lowest BCUT2D eigenvalue weighted by Gasteiger charge is -2.34. The summed E-state index contributed by atoms with van der Waals surface area (Å²) in [5.41, 5.74) is 1.05. The first-order chi connectivity index (χ1) is 13.4. The zero-order valence-corrected chi connectivity index (χ0v) is 16.4. The number of anilines is 2. The smallest absolute Gasteiger partial charge is 0.272 e. The van der Waals surface area contributed by atoms with E-state index in [0.717, 1.165) is 5.69 Å². The van der Waals surface area contributed by atoms with Crippen LogP contribution in [0.4, 0.5) is 11.6 Å². The number of amides is 2. The summed E-state index contributed by atoms with van der Waals surface area (Å²) in [6.07, 6.45) is 1.59. The summed E-state index contributed by atoms with van der Waals surface area (Å²) < 4.78 is 5.79. The van der Waals surface area contributed by atoms with E-state index in [9.17, 15) is 9.59 Å². The van der Waals surface area contributed by atoms with Crippen molar-refractivity contribution in [3.63, 3.8) is 0 Å². The lowest BCUT2D eigenvalue weighted by Crippen LogP contribution is -2.50. The average Bonchev–Trinajstić information content (AvgIpc) is 2.69. The van der Waals surface area contributed by atoms with Gasteiger partial charge in [-0.15, -0.1) is 0 Å². The van der Waals surface area contributed by atoms with Crippen LogP contribution in [0.15, 0.2) is 36.5 Å². The number of carbonyl (C=O) groups is 2. The fraction of sp³-hybridized carbons (Fsp3) is 0.400. The van der Waals surface area contributed by atoms with Crippen LogP contribution in [-0.2, 0) is 4.79 Å². The topological polar surface area (TPSA) is 87.7 Å². The van der Waals surface area contributed by atoms with Crippen molar-refractivity contribution >= 4 is 23.5 Å². The minimum absolute atomic E-state index is 0.0305. The number of piperazine rings is 1. The Balaban J connectivity index is 1.71. The molecule has 8 heteroatoms. The maximum absolute atomic E-state index is 12.8. The second-order valence-corrected chi connectivity index (χ2v) is 6.85. The van der Waals surface area contributed by atoms with Crippen molar-refractivity contribution in [2.24, 2.45) is 0 Å². The zero-order chi connectivity index (χ0) is 20.1. The Bertz CT molecular complexity index is 847. The Morgan fingerprint density at radius 2 is 1.75 bits per heavy atom. The van der Waals surface area contributed by atoms with E-state index in [4.69, 9.17) is 4.74 Å². The lowest BCUT2D eigenvalue weighted by molar-refractivity contribution is -0.130. The molecule has 2 heterocycles. The van der Waals surface area contributed by atoms with Crippen LogP contribution in [0, 0.1) is 0 Å². The monoisotopic (exact) mass is 383 g/mol. The fourth-order valence-electron chi connectivity index (χ4n) is 2.97. The van der Waals surface area contributed by atoms with Gasteiger partial charge in [0.2, 0.25) is 11.9 Å². The largest absolute Gasteiger partial charge is 0.489 e. The van der Waals surface area contributed by atoms with Crippen molar-refractivity contribution in [3.05, 3.63) is 42.2 Å². The van der Waals surface area contributed by atoms with E-state index in [1.54, 1.807) is 29.0 Å². The van der Waals surface area contributed by atoms with Crippen molar-refractivity contribution in [1.82, 2.24) is 19.8 Å². The highest BCUT2D eigenvalue weighted by Crippen LogP contribution is 2.27. The number of para-hydroxylation sites is 2. The number of benzene rings is 1. The minimum Gasteiger partial charge on any atom is -0.489 e. The van der Waals surface area contributed by atoms with Gasteiger partial charge in [0.25, 0.3) is 5.91 Å². The Morgan fingerprint density at radius 1 is 1.07 bits per heavy atom. The van der Waals surface area contributed by atoms with Gasteiger partial charge in [0.05, 0.1) is 11.8 Å². The first-order valence-electron chi connectivity index (χ1n) is 9.34. The van der Waals surface area contributed by atoms with Gasteiger partial charge in [-0.3, -0.25) is 9.59 Å². The molecular formula is C20H25N5O3. The normalized spacial score (nSPS) is 14.1.